The minimum atomic E-state index is -1.50. The quantitative estimate of drug-likeness (QED) is 0.272. The van der Waals surface area contributed by atoms with Crippen molar-refractivity contribution < 1.29 is 4.39 Å². The van der Waals surface area contributed by atoms with Gasteiger partial charge < -0.3 is 0 Å². The normalized spacial score (nSPS) is 20.2. The highest BCUT2D eigenvalue weighted by Gasteiger charge is 2.41. The van der Waals surface area contributed by atoms with Crippen molar-refractivity contribution in [1.82, 2.24) is 0 Å². The molecule has 0 heterocycles. The first-order chi connectivity index (χ1) is 10.3. The van der Waals surface area contributed by atoms with E-state index in [1.165, 1.54) is 0 Å². The molecule has 0 bridgehead atoms. The van der Waals surface area contributed by atoms with Crippen LogP contribution in [-0.2, 0) is 0 Å². The third kappa shape index (κ3) is 7.51. The average Bonchev–Trinajstić information content (AvgIpc) is 2.50. The maximum absolute atomic E-state index is 15.1. The number of hydrogen-bond donors (Lipinski definition) is 0. The van der Waals surface area contributed by atoms with Crippen LogP contribution in [0.15, 0.2) is 0 Å². The molecule has 134 valence electrons. The van der Waals surface area contributed by atoms with E-state index in [0.717, 1.165) is 19.3 Å². The second-order valence-corrected chi connectivity index (χ2v) is 8.50. The van der Waals surface area contributed by atoms with Crippen LogP contribution in [0.25, 0.3) is 0 Å². The lowest BCUT2D eigenvalue weighted by atomic mass is 9.83. The smallest absolute Gasteiger partial charge is 0.128 e. The number of alkyl halides is 6. The lowest BCUT2D eigenvalue weighted by Gasteiger charge is -2.36. The summed E-state index contributed by atoms with van der Waals surface area (Å²) in [5.74, 6) is 0.774. The molecule has 0 rings (SSSR count). The highest BCUT2D eigenvalue weighted by atomic mass is 35.5. The molecule has 0 aromatic carbocycles. The maximum atomic E-state index is 15.1. The van der Waals surface area contributed by atoms with Gasteiger partial charge >= 0.3 is 0 Å². The third-order valence-corrected chi connectivity index (χ3v) is 6.76. The molecule has 0 nitrogen and oxygen atoms in total. The van der Waals surface area contributed by atoms with E-state index in [1.807, 2.05) is 6.92 Å². The molecular formula is C16H28Cl5F. The number of rotatable bonds is 13. The van der Waals surface area contributed by atoms with E-state index in [9.17, 15) is 0 Å². The zero-order chi connectivity index (χ0) is 17.2. The Bertz CT molecular complexity index is 292. The minimum absolute atomic E-state index is 0.196. The first-order valence-corrected chi connectivity index (χ1v) is 10.4. The minimum Gasteiger partial charge on any atom is -0.242 e. The summed E-state index contributed by atoms with van der Waals surface area (Å²) in [6.45, 7) is 3.94. The Morgan fingerprint density at radius 1 is 0.909 bits per heavy atom. The van der Waals surface area contributed by atoms with Crippen LogP contribution in [0.3, 0.4) is 0 Å². The van der Waals surface area contributed by atoms with Crippen molar-refractivity contribution in [3.8, 4) is 0 Å². The molecule has 0 saturated carbocycles. The highest BCUT2D eigenvalue weighted by Crippen LogP contribution is 2.42. The lowest BCUT2D eigenvalue weighted by Crippen LogP contribution is -2.40. The van der Waals surface area contributed by atoms with Gasteiger partial charge in [0.2, 0.25) is 0 Å². The van der Waals surface area contributed by atoms with Crippen molar-refractivity contribution in [3.63, 3.8) is 0 Å². The van der Waals surface area contributed by atoms with Crippen LogP contribution in [0.5, 0.6) is 0 Å². The zero-order valence-corrected chi connectivity index (χ0v) is 17.3. The van der Waals surface area contributed by atoms with E-state index < -0.39 is 15.9 Å². The number of hydrogen-bond acceptors (Lipinski definition) is 0. The van der Waals surface area contributed by atoms with Gasteiger partial charge in [0.25, 0.3) is 0 Å². The largest absolute Gasteiger partial charge is 0.242 e. The van der Waals surface area contributed by atoms with Crippen molar-refractivity contribution in [2.45, 2.75) is 86.5 Å². The molecule has 0 aliphatic carbocycles. The van der Waals surface area contributed by atoms with Crippen molar-refractivity contribution in [2.24, 2.45) is 0 Å². The van der Waals surface area contributed by atoms with E-state index in [-0.39, 0.29) is 24.1 Å². The van der Waals surface area contributed by atoms with Crippen LogP contribution in [0.2, 0.25) is 0 Å². The summed E-state index contributed by atoms with van der Waals surface area (Å²) in [4.78, 5) is -0.638. The standard InChI is InChI=1S/C16H28Cl5F/c1-3-6-14(20)15(21,7-5-11-17)8-9-16(22,10-12-18)13(19)4-2/h13-14H,3-12H2,1-2H3. The fourth-order valence-corrected chi connectivity index (χ4v) is 4.13. The fraction of sp³-hybridized carbons (Fsp3) is 1.00. The van der Waals surface area contributed by atoms with Gasteiger partial charge in [0, 0.05) is 11.8 Å². The first kappa shape index (κ1) is 23.4. The lowest BCUT2D eigenvalue weighted by molar-refractivity contribution is 0.125. The molecule has 0 spiro atoms. The Morgan fingerprint density at radius 3 is 2.00 bits per heavy atom. The van der Waals surface area contributed by atoms with Crippen molar-refractivity contribution >= 4 is 58.0 Å². The summed E-state index contributed by atoms with van der Waals surface area (Å²) in [5, 5.41) is -0.752. The van der Waals surface area contributed by atoms with Gasteiger partial charge in [0.1, 0.15) is 5.67 Å². The monoisotopic (exact) mass is 414 g/mol. The molecule has 0 aliphatic heterocycles. The molecule has 22 heavy (non-hydrogen) atoms. The summed E-state index contributed by atoms with van der Waals surface area (Å²) in [6.07, 6.45) is 4.76. The number of halogens is 6. The van der Waals surface area contributed by atoms with Crippen LogP contribution < -0.4 is 0 Å². The summed E-state index contributed by atoms with van der Waals surface area (Å²) in [7, 11) is 0. The van der Waals surface area contributed by atoms with Gasteiger partial charge in [0.05, 0.1) is 15.6 Å². The molecule has 4 unspecified atom stereocenters. The van der Waals surface area contributed by atoms with Crippen LogP contribution in [0.1, 0.15) is 65.2 Å². The molecule has 4 atom stereocenters. The van der Waals surface area contributed by atoms with E-state index in [0.29, 0.717) is 25.1 Å². The van der Waals surface area contributed by atoms with Crippen molar-refractivity contribution in [2.75, 3.05) is 11.8 Å². The van der Waals surface area contributed by atoms with Gasteiger partial charge in [-0.1, -0.05) is 20.3 Å². The predicted octanol–water partition coefficient (Wildman–Crippen LogP) is 7.53. The molecule has 0 aromatic rings. The molecule has 6 heteroatoms. The van der Waals surface area contributed by atoms with E-state index >= 15 is 4.39 Å². The maximum Gasteiger partial charge on any atom is 0.128 e. The van der Waals surface area contributed by atoms with E-state index in [2.05, 4.69) is 6.92 Å². The van der Waals surface area contributed by atoms with Crippen LogP contribution in [0.4, 0.5) is 4.39 Å². The van der Waals surface area contributed by atoms with Gasteiger partial charge in [-0.15, -0.1) is 58.0 Å². The fourth-order valence-electron chi connectivity index (χ4n) is 2.69. The van der Waals surface area contributed by atoms with E-state index in [1.54, 1.807) is 0 Å². The molecule has 0 amide bonds. The van der Waals surface area contributed by atoms with E-state index in [4.69, 9.17) is 58.0 Å². The first-order valence-electron chi connectivity index (χ1n) is 8.07. The van der Waals surface area contributed by atoms with Gasteiger partial charge in [-0.05, 0) is 44.9 Å². The van der Waals surface area contributed by atoms with Crippen LogP contribution in [0, 0.1) is 0 Å². The molecule has 0 aliphatic rings. The molecule has 0 fully saturated rings. The Kier molecular flexibility index (Phi) is 12.6. The molecular weight excluding hydrogens is 388 g/mol. The second kappa shape index (κ2) is 11.9. The Morgan fingerprint density at radius 2 is 1.55 bits per heavy atom. The Balaban J connectivity index is 4.96. The SMILES string of the molecule is CCCC(Cl)C(Cl)(CCCCl)CCC(F)(CCCl)C(Cl)CC. The Labute approximate surface area is 160 Å². The Hall–Kier alpha value is 1.38. The van der Waals surface area contributed by atoms with Gasteiger partial charge in [-0.3, -0.25) is 0 Å². The third-order valence-electron chi connectivity index (χ3n) is 4.22. The molecule has 0 radical (unpaired) electrons. The summed E-state index contributed by atoms with van der Waals surface area (Å²) in [5.41, 5.74) is -1.50. The molecule has 0 aromatic heterocycles. The van der Waals surface area contributed by atoms with Gasteiger partial charge in [-0.2, -0.15) is 0 Å². The summed E-state index contributed by atoms with van der Waals surface area (Å²) >= 11 is 31.0. The van der Waals surface area contributed by atoms with Crippen LogP contribution >= 0.6 is 58.0 Å². The summed E-state index contributed by atoms with van der Waals surface area (Å²) < 4.78 is 15.1. The van der Waals surface area contributed by atoms with Crippen LogP contribution in [-0.4, -0.2) is 33.1 Å². The molecule has 0 saturated heterocycles. The topological polar surface area (TPSA) is 0 Å². The zero-order valence-electron chi connectivity index (χ0n) is 13.5. The second-order valence-electron chi connectivity index (χ2n) is 5.93. The van der Waals surface area contributed by atoms with Gasteiger partial charge in [-0.25, -0.2) is 4.39 Å². The van der Waals surface area contributed by atoms with Crippen molar-refractivity contribution in [3.05, 3.63) is 0 Å². The predicted molar refractivity (Wildman–Crippen MR) is 101 cm³/mol. The van der Waals surface area contributed by atoms with Crippen molar-refractivity contribution in [1.29, 1.82) is 0 Å². The summed E-state index contributed by atoms with van der Waals surface area (Å²) in [6, 6.07) is 0. The highest BCUT2D eigenvalue weighted by molar-refractivity contribution is 6.32. The average molecular weight is 417 g/mol. The molecule has 0 N–H and O–H groups in total. The van der Waals surface area contributed by atoms with Gasteiger partial charge in [0.15, 0.2) is 0 Å².